The van der Waals surface area contributed by atoms with Crippen LogP contribution in [0.1, 0.15) is 17.3 Å². The SMILES string of the molecule is CCN(CCO)C(=O)c1cc(Cl)ccc1[N+](=O)[O-]. The summed E-state index contributed by atoms with van der Waals surface area (Å²) >= 11 is 5.75. The minimum absolute atomic E-state index is 0.0669. The summed E-state index contributed by atoms with van der Waals surface area (Å²) in [5.74, 6) is -0.513. The second-order valence-electron chi connectivity index (χ2n) is 3.53. The Morgan fingerprint density at radius 3 is 2.72 bits per heavy atom. The van der Waals surface area contributed by atoms with E-state index in [0.717, 1.165) is 0 Å². The van der Waals surface area contributed by atoms with E-state index in [1.807, 2.05) is 0 Å². The fraction of sp³-hybridized carbons (Fsp3) is 0.364. The van der Waals surface area contributed by atoms with Crippen LogP contribution in [0.2, 0.25) is 5.02 Å². The van der Waals surface area contributed by atoms with E-state index >= 15 is 0 Å². The summed E-state index contributed by atoms with van der Waals surface area (Å²) in [6.07, 6.45) is 0. The Labute approximate surface area is 109 Å². The lowest BCUT2D eigenvalue weighted by Gasteiger charge is -2.19. The lowest BCUT2D eigenvalue weighted by atomic mass is 10.1. The number of carbonyl (C=O) groups excluding carboxylic acids is 1. The van der Waals surface area contributed by atoms with Crippen LogP contribution in [-0.2, 0) is 0 Å². The molecule has 1 aromatic rings. The second kappa shape index (κ2) is 6.32. The van der Waals surface area contributed by atoms with Crippen molar-refractivity contribution in [1.29, 1.82) is 0 Å². The van der Waals surface area contributed by atoms with Crippen LogP contribution in [0.4, 0.5) is 5.69 Å². The topological polar surface area (TPSA) is 83.7 Å². The molecule has 0 saturated carbocycles. The molecule has 0 aromatic heterocycles. The molecule has 1 rings (SSSR count). The van der Waals surface area contributed by atoms with Crippen LogP contribution in [0.3, 0.4) is 0 Å². The van der Waals surface area contributed by atoms with E-state index in [9.17, 15) is 14.9 Å². The van der Waals surface area contributed by atoms with Crippen molar-refractivity contribution < 1.29 is 14.8 Å². The first kappa shape index (κ1) is 14.4. The van der Waals surface area contributed by atoms with E-state index in [1.165, 1.54) is 23.1 Å². The summed E-state index contributed by atoms with van der Waals surface area (Å²) in [6.45, 7) is 2.00. The third-order valence-corrected chi connectivity index (χ3v) is 2.66. The number of hydrogen-bond donors (Lipinski definition) is 1. The number of rotatable bonds is 5. The molecule has 0 spiro atoms. The van der Waals surface area contributed by atoms with E-state index in [2.05, 4.69) is 0 Å². The number of nitro benzene ring substituents is 1. The second-order valence-corrected chi connectivity index (χ2v) is 3.96. The summed E-state index contributed by atoms with van der Waals surface area (Å²) in [7, 11) is 0. The number of aliphatic hydroxyl groups is 1. The summed E-state index contributed by atoms with van der Waals surface area (Å²) in [5.41, 5.74) is -0.358. The Morgan fingerprint density at radius 1 is 1.56 bits per heavy atom. The molecule has 1 amide bonds. The number of hydrogen-bond acceptors (Lipinski definition) is 4. The quantitative estimate of drug-likeness (QED) is 0.653. The van der Waals surface area contributed by atoms with Crippen molar-refractivity contribution in [2.75, 3.05) is 19.7 Å². The number of halogens is 1. The highest BCUT2D eigenvalue weighted by Gasteiger charge is 2.23. The molecule has 98 valence electrons. The first-order valence-electron chi connectivity index (χ1n) is 5.35. The van der Waals surface area contributed by atoms with E-state index in [0.29, 0.717) is 6.54 Å². The normalized spacial score (nSPS) is 10.2. The number of carbonyl (C=O) groups is 1. The molecule has 0 aliphatic heterocycles. The maximum absolute atomic E-state index is 12.1. The van der Waals surface area contributed by atoms with Gasteiger partial charge in [-0.15, -0.1) is 0 Å². The maximum atomic E-state index is 12.1. The molecule has 0 atom stereocenters. The van der Waals surface area contributed by atoms with Gasteiger partial charge < -0.3 is 10.0 Å². The van der Waals surface area contributed by atoms with Gasteiger partial charge in [0.1, 0.15) is 5.56 Å². The Morgan fingerprint density at radius 2 is 2.22 bits per heavy atom. The average Bonchev–Trinajstić information content (AvgIpc) is 2.34. The largest absolute Gasteiger partial charge is 0.395 e. The Hall–Kier alpha value is -1.66. The monoisotopic (exact) mass is 272 g/mol. The van der Waals surface area contributed by atoms with Gasteiger partial charge in [0.05, 0.1) is 11.5 Å². The molecule has 0 radical (unpaired) electrons. The van der Waals surface area contributed by atoms with E-state index in [-0.39, 0.29) is 29.4 Å². The smallest absolute Gasteiger partial charge is 0.282 e. The van der Waals surface area contributed by atoms with Gasteiger partial charge in [-0.2, -0.15) is 0 Å². The van der Waals surface area contributed by atoms with Crippen molar-refractivity contribution >= 4 is 23.2 Å². The highest BCUT2D eigenvalue weighted by Crippen LogP contribution is 2.24. The number of amides is 1. The summed E-state index contributed by atoms with van der Waals surface area (Å²) in [4.78, 5) is 23.6. The zero-order valence-corrected chi connectivity index (χ0v) is 10.6. The van der Waals surface area contributed by atoms with E-state index < -0.39 is 10.8 Å². The van der Waals surface area contributed by atoms with Crippen molar-refractivity contribution in [2.24, 2.45) is 0 Å². The first-order chi connectivity index (χ1) is 8.51. The number of nitrogens with zero attached hydrogens (tertiary/aromatic N) is 2. The summed E-state index contributed by atoms with van der Waals surface area (Å²) < 4.78 is 0. The van der Waals surface area contributed by atoms with Crippen LogP contribution < -0.4 is 0 Å². The standard InChI is InChI=1S/C11H13ClN2O4/c1-2-13(5-6-15)11(16)9-7-8(12)3-4-10(9)14(17)18/h3-4,7,15H,2,5-6H2,1H3. The summed E-state index contributed by atoms with van der Waals surface area (Å²) in [5, 5.41) is 19.9. The molecular formula is C11H13ClN2O4. The zero-order chi connectivity index (χ0) is 13.7. The van der Waals surface area contributed by atoms with Crippen LogP contribution >= 0.6 is 11.6 Å². The number of likely N-dealkylation sites (N-methyl/N-ethyl adjacent to an activating group) is 1. The minimum Gasteiger partial charge on any atom is -0.395 e. The Kier molecular flexibility index (Phi) is 5.06. The molecule has 6 nitrogen and oxygen atoms in total. The molecule has 0 saturated heterocycles. The van der Waals surface area contributed by atoms with E-state index in [1.54, 1.807) is 6.92 Å². The molecule has 0 heterocycles. The molecule has 0 aliphatic rings. The van der Waals surface area contributed by atoms with Gasteiger partial charge in [-0.3, -0.25) is 14.9 Å². The molecule has 0 bridgehead atoms. The van der Waals surface area contributed by atoms with Gasteiger partial charge in [-0.25, -0.2) is 0 Å². The van der Waals surface area contributed by atoms with Crippen LogP contribution in [0.15, 0.2) is 18.2 Å². The highest BCUT2D eigenvalue weighted by atomic mass is 35.5. The fourth-order valence-electron chi connectivity index (χ4n) is 1.53. The maximum Gasteiger partial charge on any atom is 0.282 e. The highest BCUT2D eigenvalue weighted by molar-refractivity contribution is 6.31. The predicted molar refractivity (Wildman–Crippen MR) is 66.8 cm³/mol. The van der Waals surface area contributed by atoms with E-state index in [4.69, 9.17) is 16.7 Å². The molecule has 1 aromatic carbocycles. The van der Waals surface area contributed by atoms with Crippen molar-refractivity contribution in [3.05, 3.63) is 38.9 Å². The third kappa shape index (κ3) is 3.18. The minimum atomic E-state index is -0.629. The Balaban J connectivity index is 3.17. The first-order valence-corrected chi connectivity index (χ1v) is 5.73. The van der Waals surface area contributed by atoms with Gasteiger partial charge in [0.25, 0.3) is 11.6 Å². The molecule has 0 unspecified atom stereocenters. The molecular weight excluding hydrogens is 260 g/mol. The lowest BCUT2D eigenvalue weighted by Crippen LogP contribution is -2.33. The Bertz CT molecular complexity index is 464. The molecule has 0 aliphatic carbocycles. The van der Waals surface area contributed by atoms with Gasteiger partial charge in [0.2, 0.25) is 0 Å². The molecule has 18 heavy (non-hydrogen) atoms. The third-order valence-electron chi connectivity index (χ3n) is 2.42. The van der Waals surface area contributed by atoms with Crippen molar-refractivity contribution in [3.8, 4) is 0 Å². The van der Waals surface area contributed by atoms with Gasteiger partial charge >= 0.3 is 0 Å². The molecule has 7 heteroatoms. The van der Waals surface area contributed by atoms with Crippen LogP contribution in [0.5, 0.6) is 0 Å². The number of aliphatic hydroxyl groups excluding tert-OH is 1. The van der Waals surface area contributed by atoms with Crippen molar-refractivity contribution in [1.82, 2.24) is 4.90 Å². The van der Waals surface area contributed by atoms with Crippen LogP contribution in [0, 0.1) is 10.1 Å². The number of benzene rings is 1. The van der Waals surface area contributed by atoms with Crippen molar-refractivity contribution in [3.63, 3.8) is 0 Å². The van der Waals surface area contributed by atoms with Crippen LogP contribution in [-0.4, -0.2) is 40.5 Å². The fourth-order valence-corrected chi connectivity index (χ4v) is 1.71. The van der Waals surface area contributed by atoms with Crippen molar-refractivity contribution in [2.45, 2.75) is 6.92 Å². The molecule has 0 fully saturated rings. The lowest BCUT2D eigenvalue weighted by molar-refractivity contribution is -0.385. The van der Waals surface area contributed by atoms with Gasteiger partial charge in [0, 0.05) is 24.2 Å². The van der Waals surface area contributed by atoms with Gasteiger partial charge in [-0.1, -0.05) is 11.6 Å². The average molecular weight is 273 g/mol. The molecule has 1 N–H and O–H groups in total. The predicted octanol–water partition coefficient (Wildman–Crippen LogP) is 1.70. The zero-order valence-electron chi connectivity index (χ0n) is 9.80. The summed E-state index contributed by atoms with van der Waals surface area (Å²) in [6, 6.07) is 3.82. The van der Waals surface area contributed by atoms with Gasteiger partial charge in [-0.05, 0) is 19.1 Å². The number of nitro groups is 1. The van der Waals surface area contributed by atoms with Crippen LogP contribution in [0.25, 0.3) is 0 Å². The van der Waals surface area contributed by atoms with Gasteiger partial charge in [0.15, 0.2) is 0 Å².